The third-order valence-electron chi connectivity index (χ3n) is 2.37. The Balaban J connectivity index is 2.41. The maximum atomic E-state index is 13.6. The molecule has 1 aromatic carbocycles. The SMILES string of the molecule is CNc1nc(Nc2cccc(Cl)c2Br)c(F)cc1F. The van der Waals surface area contributed by atoms with Crippen LogP contribution in [-0.4, -0.2) is 12.0 Å². The van der Waals surface area contributed by atoms with Gasteiger partial charge in [-0.05, 0) is 28.1 Å². The topological polar surface area (TPSA) is 37.0 Å². The summed E-state index contributed by atoms with van der Waals surface area (Å²) in [6.07, 6.45) is 0. The van der Waals surface area contributed by atoms with Crippen molar-refractivity contribution in [3.05, 3.63) is 45.4 Å². The highest BCUT2D eigenvalue weighted by Gasteiger charge is 2.12. The fraction of sp³-hybridized carbons (Fsp3) is 0.0833. The monoisotopic (exact) mass is 347 g/mol. The zero-order valence-electron chi connectivity index (χ0n) is 9.77. The van der Waals surface area contributed by atoms with E-state index in [0.29, 0.717) is 15.2 Å². The average Bonchev–Trinajstić information content (AvgIpc) is 2.38. The van der Waals surface area contributed by atoms with Crippen LogP contribution in [0.5, 0.6) is 0 Å². The van der Waals surface area contributed by atoms with Crippen LogP contribution in [-0.2, 0) is 0 Å². The zero-order valence-corrected chi connectivity index (χ0v) is 12.1. The molecule has 0 bridgehead atoms. The second-order valence-corrected chi connectivity index (χ2v) is 4.83. The summed E-state index contributed by atoms with van der Waals surface area (Å²) >= 11 is 9.21. The lowest BCUT2D eigenvalue weighted by Crippen LogP contribution is -2.03. The zero-order chi connectivity index (χ0) is 14.0. The van der Waals surface area contributed by atoms with E-state index >= 15 is 0 Å². The molecule has 19 heavy (non-hydrogen) atoms. The predicted octanol–water partition coefficient (Wildman–Crippen LogP) is 4.56. The minimum absolute atomic E-state index is 0.0398. The van der Waals surface area contributed by atoms with Gasteiger partial charge in [0.15, 0.2) is 23.3 Å². The molecule has 0 aliphatic heterocycles. The molecular formula is C12H9BrClF2N3. The first kappa shape index (κ1) is 14.0. The Kier molecular flexibility index (Phi) is 4.21. The average molecular weight is 349 g/mol. The van der Waals surface area contributed by atoms with Crippen LogP contribution >= 0.6 is 27.5 Å². The molecule has 0 unspecified atom stereocenters. The van der Waals surface area contributed by atoms with Crippen LogP contribution < -0.4 is 10.6 Å². The number of pyridine rings is 1. The highest BCUT2D eigenvalue weighted by atomic mass is 79.9. The summed E-state index contributed by atoms with van der Waals surface area (Å²) in [5.74, 6) is -1.67. The maximum absolute atomic E-state index is 13.6. The summed E-state index contributed by atoms with van der Waals surface area (Å²) in [5, 5.41) is 5.78. The van der Waals surface area contributed by atoms with Gasteiger partial charge in [-0.3, -0.25) is 0 Å². The summed E-state index contributed by atoms with van der Waals surface area (Å²) in [4.78, 5) is 3.82. The number of nitrogens with one attached hydrogen (secondary N) is 2. The van der Waals surface area contributed by atoms with Gasteiger partial charge in [-0.2, -0.15) is 0 Å². The summed E-state index contributed by atoms with van der Waals surface area (Å²) in [6.45, 7) is 0. The van der Waals surface area contributed by atoms with Crippen LogP contribution in [0.3, 0.4) is 0 Å². The molecule has 0 aliphatic rings. The molecule has 0 spiro atoms. The Morgan fingerprint density at radius 3 is 2.58 bits per heavy atom. The Morgan fingerprint density at radius 1 is 1.21 bits per heavy atom. The second-order valence-electron chi connectivity index (χ2n) is 3.63. The van der Waals surface area contributed by atoms with Gasteiger partial charge in [0.25, 0.3) is 0 Å². The van der Waals surface area contributed by atoms with Gasteiger partial charge in [0.05, 0.1) is 15.2 Å². The minimum Gasteiger partial charge on any atom is -0.371 e. The van der Waals surface area contributed by atoms with Crippen molar-refractivity contribution in [2.75, 3.05) is 17.7 Å². The summed E-state index contributed by atoms with van der Waals surface area (Å²) in [5.41, 5.74) is 0.535. The molecule has 1 heterocycles. The summed E-state index contributed by atoms with van der Waals surface area (Å²) in [6, 6.07) is 5.85. The smallest absolute Gasteiger partial charge is 0.169 e. The number of benzene rings is 1. The summed E-state index contributed by atoms with van der Waals surface area (Å²) < 4.78 is 27.5. The molecule has 7 heteroatoms. The standard InChI is InChI=1S/C12H9BrClF2N3/c1-17-11-7(15)5-8(16)12(19-11)18-9-4-2-3-6(14)10(9)13/h2-5H,1H3,(H2,17,18,19). The van der Waals surface area contributed by atoms with E-state index in [1.165, 1.54) is 7.05 Å². The van der Waals surface area contributed by atoms with Crippen molar-refractivity contribution in [1.82, 2.24) is 4.98 Å². The van der Waals surface area contributed by atoms with E-state index < -0.39 is 11.6 Å². The molecule has 0 fully saturated rings. The van der Waals surface area contributed by atoms with E-state index in [9.17, 15) is 8.78 Å². The molecule has 2 N–H and O–H groups in total. The molecule has 0 aliphatic carbocycles. The van der Waals surface area contributed by atoms with Gasteiger partial charge in [0.1, 0.15) is 0 Å². The van der Waals surface area contributed by atoms with Crippen molar-refractivity contribution < 1.29 is 8.78 Å². The first-order chi connectivity index (χ1) is 9.02. The Bertz CT molecular complexity index is 622. The molecule has 1 aromatic heterocycles. The van der Waals surface area contributed by atoms with E-state index in [0.717, 1.165) is 6.07 Å². The number of halogens is 4. The van der Waals surface area contributed by atoms with Crippen LogP contribution in [0, 0.1) is 11.6 Å². The van der Waals surface area contributed by atoms with Crippen molar-refractivity contribution >= 4 is 44.9 Å². The van der Waals surface area contributed by atoms with Crippen LogP contribution in [0.2, 0.25) is 5.02 Å². The van der Waals surface area contributed by atoms with E-state index in [1.807, 2.05) is 0 Å². The number of anilines is 3. The molecule has 2 rings (SSSR count). The van der Waals surface area contributed by atoms with Gasteiger partial charge in [-0.15, -0.1) is 0 Å². The number of aromatic nitrogens is 1. The maximum Gasteiger partial charge on any atom is 0.169 e. The van der Waals surface area contributed by atoms with Gasteiger partial charge in [-0.25, -0.2) is 13.8 Å². The third-order valence-corrected chi connectivity index (χ3v) is 3.77. The van der Waals surface area contributed by atoms with Crippen molar-refractivity contribution in [3.63, 3.8) is 0 Å². The van der Waals surface area contributed by atoms with Gasteiger partial charge in [0, 0.05) is 13.1 Å². The van der Waals surface area contributed by atoms with E-state index in [-0.39, 0.29) is 11.6 Å². The fourth-order valence-corrected chi connectivity index (χ4v) is 2.00. The van der Waals surface area contributed by atoms with Crippen LogP contribution in [0.25, 0.3) is 0 Å². The fourth-order valence-electron chi connectivity index (χ4n) is 1.46. The Hall–Kier alpha value is -1.40. The van der Waals surface area contributed by atoms with Crippen molar-refractivity contribution in [2.24, 2.45) is 0 Å². The van der Waals surface area contributed by atoms with Gasteiger partial charge < -0.3 is 10.6 Å². The molecule has 0 saturated carbocycles. The quantitative estimate of drug-likeness (QED) is 0.854. The van der Waals surface area contributed by atoms with Crippen molar-refractivity contribution in [1.29, 1.82) is 0 Å². The number of hydrogen-bond donors (Lipinski definition) is 2. The lowest BCUT2D eigenvalue weighted by Gasteiger charge is -2.11. The first-order valence-corrected chi connectivity index (χ1v) is 6.45. The van der Waals surface area contributed by atoms with Crippen molar-refractivity contribution in [3.8, 4) is 0 Å². The normalized spacial score (nSPS) is 10.4. The predicted molar refractivity (Wildman–Crippen MR) is 76.1 cm³/mol. The molecule has 0 amide bonds. The molecule has 2 aromatic rings. The second kappa shape index (κ2) is 5.71. The van der Waals surface area contributed by atoms with E-state index in [2.05, 4.69) is 31.5 Å². The molecule has 0 atom stereocenters. The lowest BCUT2D eigenvalue weighted by atomic mass is 10.3. The Morgan fingerprint density at radius 2 is 1.89 bits per heavy atom. The Labute approximate surface area is 122 Å². The number of hydrogen-bond acceptors (Lipinski definition) is 3. The van der Waals surface area contributed by atoms with Crippen LogP contribution in [0.4, 0.5) is 26.1 Å². The largest absolute Gasteiger partial charge is 0.371 e. The van der Waals surface area contributed by atoms with E-state index in [4.69, 9.17) is 11.6 Å². The van der Waals surface area contributed by atoms with Crippen molar-refractivity contribution in [2.45, 2.75) is 0 Å². The lowest BCUT2D eigenvalue weighted by molar-refractivity contribution is 0.580. The molecule has 3 nitrogen and oxygen atoms in total. The minimum atomic E-state index is -0.789. The van der Waals surface area contributed by atoms with Gasteiger partial charge in [-0.1, -0.05) is 17.7 Å². The highest BCUT2D eigenvalue weighted by Crippen LogP contribution is 2.32. The van der Waals surface area contributed by atoms with Crippen LogP contribution in [0.1, 0.15) is 0 Å². The van der Waals surface area contributed by atoms with E-state index in [1.54, 1.807) is 18.2 Å². The van der Waals surface area contributed by atoms with Crippen LogP contribution in [0.15, 0.2) is 28.7 Å². The van der Waals surface area contributed by atoms with Gasteiger partial charge in [0.2, 0.25) is 0 Å². The molecule has 0 radical (unpaired) electrons. The molecular weight excluding hydrogens is 340 g/mol. The van der Waals surface area contributed by atoms with Gasteiger partial charge >= 0.3 is 0 Å². The molecule has 100 valence electrons. The first-order valence-electron chi connectivity index (χ1n) is 5.27. The third kappa shape index (κ3) is 2.96. The number of rotatable bonds is 3. The molecule has 0 saturated heterocycles. The highest BCUT2D eigenvalue weighted by molar-refractivity contribution is 9.10. The number of nitrogens with zero attached hydrogens (tertiary/aromatic N) is 1. The summed E-state index contributed by atoms with van der Waals surface area (Å²) in [7, 11) is 1.50.